The number of hydrogen-bond acceptors (Lipinski definition) is 7. The molecular weight excluding hydrogens is 461 g/mol. The summed E-state index contributed by atoms with van der Waals surface area (Å²) >= 11 is 13.6. The van der Waals surface area contributed by atoms with Gasteiger partial charge in [-0.15, -0.1) is 0 Å². The lowest BCUT2D eigenvalue weighted by Crippen LogP contribution is -2.31. The Morgan fingerprint density at radius 3 is 2.71 bits per heavy atom. The second-order valence-corrected chi connectivity index (χ2v) is 8.59. The molecule has 1 aliphatic heterocycles. The molecule has 2 aromatic carbocycles. The molecule has 3 aromatic rings. The number of esters is 1. The van der Waals surface area contributed by atoms with Gasteiger partial charge in [0.05, 0.1) is 18.1 Å². The predicted octanol–water partition coefficient (Wildman–Crippen LogP) is 4.45. The summed E-state index contributed by atoms with van der Waals surface area (Å²) in [4.78, 5) is 26.2. The lowest BCUT2D eigenvalue weighted by atomic mass is 9.83. The standard InChI is InChI=1S/C22H17Cl2NO5S/c1-28-8-9-29-21(26)18-16(12-7-6-11(23)10-14(12)24)17-19(30-20(18)25)13-4-2-3-5-15(13)31-22(17)27/h2-7,10,16H,8-9,25H2,1H3. The number of benzene rings is 2. The molecule has 31 heavy (non-hydrogen) atoms. The SMILES string of the molecule is COCCOC(=O)C1=C(N)Oc2c(c(=O)sc3ccccc23)C1c1ccc(Cl)cc1Cl. The maximum absolute atomic E-state index is 13.2. The van der Waals surface area contributed by atoms with Crippen molar-refractivity contribution < 1.29 is 19.0 Å². The number of carbonyl (C=O) groups is 1. The molecule has 1 aliphatic rings. The van der Waals surface area contributed by atoms with E-state index >= 15 is 0 Å². The van der Waals surface area contributed by atoms with E-state index in [1.165, 1.54) is 7.11 Å². The first-order valence-electron chi connectivity index (χ1n) is 9.26. The van der Waals surface area contributed by atoms with Gasteiger partial charge in [-0.1, -0.05) is 52.7 Å². The summed E-state index contributed by atoms with van der Waals surface area (Å²) < 4.78 is 16.6. The number of carbonyl (C=O) groups excluding carboxylic acids is 1. The van der Waals surface area contributed by atoms with Crippen molar-refractivity contribution in [3.8, 4) is 5.75 Å². The number of methoxy groups -OCH3 is 1. The van der Waals surface area contributed by atoms with Gasteiger partial charge < -0.3 is 19.9 Å². The van der Waals surface area contributed by atoms with Crippen LogP contribution in [0.1, 0.15) is 17.0 Å². The van der Waals surface area contributed by atoms with Crippen LogP contribution in [0.3, 0.4) is 0 Å². The third-order valence-corrected chi connectivity index (χ3v) is 6.41. The van der Waals surface area contributed by atoms with Crippen molar-refractivity contribution in [2.24, 2.45) is 5.73 Å². The summed E-state index contributed by atoms with van der Waals surface area (Å²) in [5.74, 6) is -1.43. The Hall–Kier alpha value is -2.58. The highest BCUT2D eigenvalue weighted by atomic mass is 35.5. The molecule has 6 nitrogen and oxygen atoms in total. The fourth-order valence-electron chi connectivity index (χ4n) is 3.51. The fraction of sp³-hybridized carbons (Fsp3) is 0.182. The predicted molar refractivity (Wildman–Crippen MR) is 121 cm³/mol. The summed E-state index contributed by atoms with van der Waals surface area (Å²) in [6.07, 6.45) is 0. The topological polar surface area (TPSA) is 87.8 Å². The van der Waals surface area contributed by atoms with Crippen molar-refractivity contribution in [2.45, 2.75) is 5.92 Å². The number of halogens is 2. The zero-order valence-corrected chi connectivity index (χ0v) is 18.6. The third-order valence-electron chi connectivity index (χ3n) is 4.87. The van der Waals surface area contributed by atoms with E-state index in [1.807, 2.05) is 24.3 Å². The lowest BCUT2D eigenvalue weighted by molar-refractivity contribution is -0.140. The van der Waals surface area contributed by atoms with Crippen LogP contribution < -0.4 is 15.2 Å². The van der Waals surface area contributed by atoms with Gasteiger partial charge in [-0.05, 0) is 29.8 Å². The molecule has 0 spiro atoms. The average molecular weight is 478 g/mol. The quantitative estimate of drug-likeness (QED) is 0.431. The van der Waals surface area contributed by atoms with Gasteiger partial charge >= 0.3 is 5.97 Å². The number of nitrogens with two attached hydrogens (primary N) is 1. The minimum Gasteiger partial charge on any atom is -0.460 e. The molecular formula is C22H17Cl2NO5S. The van der Waals surface area contributed by atoms with E-state index in [0.717, 1.165) is 16.0 Å². The van der Waals surface area contributed by atoms with Gasteiger partial charge in [-0.3, -0.25) is 4.79 Å². The van der Waals surface area contributed by atoms with Crippen molar-refractivity contribution in [3.63, 3.8) is 0 Å². The third kappa shape index (κ3) is 4.02. The summed E-state index contributed by atoms with van der Waals surface area (Å²) in [6.45, 7) is 0.229. The van der Waals surface area contributed by atoms with Gasteiger partial charge in [0.25, 0.3) is 0 Å². The lowest BCUT2D eigenvalue weighted by Gasteiger charge is -2.29. The van der Waals surface area contributed by atoms with Crippen LogP contribution in [0.5, 0.6) is 5.75 Å². The van der Waals surface area contributed by atoms with E-state index < -0.39 is 11.9 Å². The minimum atomic E-state index is -0.878. The van der Waals surface area contributed by atoms with Crippen LogP contribution in [0.25, 0.3) is 10.1 Å². The van der Waals surface area contributed by atoms with Gasteiger partial charge in [0.15, 0.2) is 0 Å². The van der Waals surface area contributed by atoms with Crippen LogP contribution in [0, 0.1) is 0 Å². The Kier molecular flexibility index (Phi) is 6.20. The van der Waals surface area contributed by atoms with Gasteiger partial charge in [-0.25, -0.2) is 4.79 Å². The first-order valence-corrected chi connectivity index (χ1v) is 10.8. The Morgan fingerprint density at radius 2 is 1.97 bits per heavy atom. The molecule has 0 radical (unpaired) electrons. The van der Waals surface area contributed by atoms with E-state index in [0.29, 0.717) is 21.7 Å². The van der Waals surface area contributed by atoms with Crippen LogP contribution >= 0.6 is 34.5 Å². The average Bonchev–Trinajstić information content (AvgIpc) is 2.73. The molecule has 0 saturated heterocycles. The highest BCUT2D eigenvalue weighted by Gasteiger charge is 2.39. The summed E-state index contributed by atoms with van der Waals surface area (Å²) in [7, 11) is 1.49. The fourth-order valence-corrected chi connectivity index (χ4v) is 4.96. The van der Waals surface area contributed by atoms with Crippen LogP contribution in [-0.4, -0.2) is 26.3 Å². The van der Waals surface area contributed by atoms with Gasteiger partial charge in [0, 0.05) is 27.2 Å². The van der Waals surface area contributed by atoms with Crippen molar-refractivity contribution >= 4 is 50.6 Å². The smallest absolute Gasteiger partial charge is 0.340 e. The Morgan fingerprint density at radius 1 is 1.19 bits per heavy atom. The minimum absolute atomic E-state index is 0.00686. The molecule has 160 valence electrons. The monoisotopic (exact) mass is 477 g/mol. The molecule has 1 unspecified atom stereocenters. The zero-order chi connectivity index (χ0) is 22.1. The largest absolute Gasteiger partial charge is 0.460 e. The molecule has 0 bridgehead atoms. The van der Waals surface area contributed by atoms with E-state index in [9.17, 15) is 9.59 Å². The van der Waals surface area contributed by atoms with Crippen LogP contribution in [0.4, 0.5) is 0 Å². The van der Waals surface area contributed by atoms with Crippen molar-refractivity contribution in [3.05, 3.63) is 84.6 Å². The number of ether oxygens (including phenoxy) is 3. The van der Waals surface area contributed by atoms with Crippen LogP contribution in [-0.2, 0) is 14.3 Å². The maximum Gasteiger partial charge on any atom is 0.340 e. The number of fused-ring (bicyclic) bond motifs is 3. The Balaban J connectivity index is 1.97. The van der Waals surface area contributed by atoms with Crippen molar-refractivity contribution in [1.82, 2.24) is 0 Å². The molecule has 1 aromatic heterocycles. The highest BCUT2D eigenvalue weighted by molar-refractivity contribution is 7.16. The van der Waals surface area contributed by atoms with Gasteiger partial charge in [0.2, 0.25) is 10.6 Å². The normalized spacial score (nSPS) is 15.5. The first kappa shape index (κ1) is 21.6. The summed E-state index contributed by atoms with van der Waals surface area (Å²) in [5, 5.41) is 1.43. The molecule has 9 heteroatoms. The zero-order valence-electron chi connectivity index (χ0n) is 16.3. The maximum atomic E-state index is 13.2. The molecule has 2 heterocycles. The molecule has 0 saturated carbocycles. The van der Waals surface area contributed by atoms with Gasteiger partial charge in [0.1, 0.15) is 17.9 Å². The summed E-state index contributed by atoms with van der Waals surface area (Å²) in [6, 6.07) is 12.2. The number of rotatable bonds is 5. The Labute approximate surface area is 191 Å². The molecule has 4 rings (SSSR count). The highest BCUT2D eigenvalue weighted by Crippen LogP contribution is 2.46. The molecule has 1 atom stereocenters. The molecule has 2 N–H and O–H groups in total. The van der Waals surface area contributed by atoms with E-state index in [2.05, 4.69) is 0 Å². The Bertz CT molecular complexity index is 1270. The summed E-state index contributed by atoms with van der Waals surface area (Å²) in [5.41, 5.74) is 6.99. The first-order chi connectivity index (χ1) is 14.9. The number of hydrogen-bond donors (Lipinski definition) is 1. The molecule has 0 fully saturated rings. The van der Waals surface area contributed by atoms with Gasteiger partial charge in [-0.2, -0.15) is 0 Å². The van der Waals surface area contributed by atoms with E-state index in [1.54, 1.807) is 18.2 Å². The van der Waals surface area contributed by atoms with E-state index in [-0.39, 0.29) is 40.0 Å². The van der Waals surface area contributed by atoms with Crippen LogP contribution in [0.15, 0.2) is 58.7 Å². The van der Waals surface area contributed by atoms with Crippen molar-refractivity contribution in [1.29, 1.82) is 0 Å². The molecule has 0 amide bonds. The van der Waals surface area contributed by atoms with E-state index in [4.69, 9.17) is 43.1 Å². The van der Waals surface area contributed by atoms with Crippen LogP contribution in [0.2, 0.25) is 10.0 Å². The van der Waals surface area contributed by atoms with Crippen molar-refractivity contribution in [2.75, 3.05) is 20.3 Å². The second kappa shape index (κ2) is 8.88. The molecule has 0 aliphatic carbocycles. The second-order valence-electron chi connectivity index (χ2n) is 6.74.